The summed E-state index contributed by atoms with van der Waals surface area (Å²) in [7, 11) is 3.36. The molecule has 28 heavy (non-hydrogen) atoms. The van der Waals surface area contributed by atoms with E-state index in [1.165, 1.54) is 0 Å². The van der Waals surface area contributed by atoms with Crippen molar-refractivity contribution in [3.63, 3.8) is 0 Å². The number of hydrogen-bond acceptors (Lipinski definition) is 6. The predicted octanol–water partition coefficient (Wildman–Crippen LogP) is 5.15. The number of fused-ring (bicyclic) bond motifs is 1. The summed E-state index contributed by atoms with van der Waals surface area (Å²) >= 11 is 1.59. The number of benzene rings is 2. The number of aromatic nitrogens is 1. The number of rotatable bonds is 6. The minimum absolute atomic E-state index is 0.211. The van der Waals surface area contributed by atoms with Crippen LogP contribution >= 0.6 is 11.3 Å². The topological polar surface area (TPSA) is 52.6 Å². The molecule has 0 saturated heterocycles. The van der Waals surface area contributed by atoms with E-state index in [9.17, 15) is 0 Å². The van der Waals surface area contributed by atoms with Gasteiger partial charge in [0.25, 0.3) is 0 Å². The SMILES string of the molecule is COc1ccccc1CNc1nc(-c2cc3c(c(OC)c2)OC(C)(C)C3)cs1. The van der Waals surface area contributed by atoms with Gasteiger partial charge in [0.2, 0.25) is 0 Å². The lowest BCUT2D eigenvalue weighted by Gasteiger charge is -2.17. The normalized spacial score (nSPS) is 14.3. The molecule has 2 heterocycles. The van der Waals surface area contributed by atoms with Gasteiger partial charge in [0.05, 0.1) is 19.9 Å². The minimum Gasteiger partial charge on any atom is -0.496 e. The van der Waals surface area contributed by atoms with Crippen molar-refractivity contribution >= 4 is 16.5 Å². The van der Waals surface area contributed by atoms with E-state index in [1.807, 2.05) is 30.3 Å². The maximum absolute atomic E-state index is 6.05. The first-order chi connectivity index (χ1) is 13.5. The van der Waals surface area contributed by atoms with Gasteiger partial charge in [-0.25, -0.2) is 4.98 Å². The highest BCUT2D eigenvalue weighted by atomic mass is 32.1. The van der Waals surface area contributed by atoms with Gasteiger partial charge >= 0.3 is 0 Å². The molecule has 6 heteroatoms. The smallest absolute Gasteiger partial charge is 0.183 e. The highest BCUT2D eigenvalue weighted by Gasteiger charge is 2.33. The van der Waals surface area contributed by atoms with Gasteiger partial charge in [-0.15, -0.1) is 11.3 Å². The van der Waals surface area contributed by atoms with Crippen molar-refractivity contribution in [1.29, 1.82) is 0 Å². The first-order valence-corrected chi connectivity index (χ1v) is 10.1. The van der Waals surface area contributed by atoms with E-state index in [1.54, 1.807) is 25.6 Å². The zero-order valence-electron chi connectivity index (χ0n) is 16.5. The second-order valence-electron chi connectivity index (χ2n) is 7.41. The Kier molecular flexibility index (Phi) is 4.89. The molecular weight excluding hydrogens is 372 g/mol. The molecular formula is C22H24N2O3S. The quantitative estimate of drug-likeness (QED) is 0.624. The molecule has 1 aliphatic rings. The van der Waals surface area contributed by atoms with Crippen LogP contribution in [0.5, 0.6) is 17.2 Å². The van der Waals surface area contributed by atoms with Gasteiger partial charge < -0.3 is 19.5 Å². The summed E-state index contributed by atoms with van der Waals surface area (Å²) in [6, 6.07) is 12.1. The second-order valence-corrected chi connectivity index (χ2v) is 8.27. The Hall–Kier alpha value is -2.73. The molecule has 5 nitrogen and oxygen atoms in total. The van der Waals surface area contributed by atoms with Crippen LogP contribution in [-0.2, 0) is 13.0 Å². The highest BCUT2D eigenvalue weighted by molar-refractivity contribution is 7.14. The van der Waals surface area contributed by atoms with Crippen molar-refractivity contribution in [2.24, 2.45) is 0 Å². The number of nitrogens with one attached hydrogen (secondary N) is 1. The maximum Gasteiger partial charge on any atom is 0.183 e. The molecule has 1 aromatic heterocycles. The van der Waals surface area contributed by atoms with Crippen LogP contribution in [-0.4, -0.2) is 24.8 Å². The molecule has 2 aromatic carbocycles. The average molecular weight is 397 g/mol. The third kappa shape index (κ3) is 3.64. The summed E-state index contributed by atoms with van der Waals surface area (Å²) in [6.07, 6.45) is 0.857. The maximum atomic E-state index is 6.05. The Morgan fingerprint density at radius 1 is 1.14 bits per heavy atom. The Balaban J connectivity index is 1.55. The zero-order valence-corrected chi connectivity index (χ0v) is 17.4. The zero-order chi connectivity index (χ0) is 19.7. The second kappa shape index (κ2) is 7.36. The summed E-state index contributed by atoms with van der Waals surface area (Å²) in [6.45, 7) is 4.84. The minimum atomic E-state index is -0.211. The van der Waals surface area contributed by atoms with Gasteiger partial charge in [-0.05, 0) is 32.0 Å². The molecule has 1 aliphatic heterocycles. The molecule has 0 amide bonds. The van der Waals surface area contributed by atoms with Crippen molar-refractivity contribution < 1.29 is 14.2 Å². The van der Waals surface area contributed by atoms with Gasteiger partial charge in [-0.3, -0.25) is 0 Å². The molecule has 0 aliphatic carbocycles. The van der Waals surface area contributed by atoms with Crippen molar-refractivity contribution in [2.75, 3.05) is 19.5 Å². The van der Waals surface area contributed by atoms with Crippen LogP contribution in [0.15, 0.2) is 41.8 Å². The van der Waals surface area contributed by atoms with Crippen molar-refractivity contribution in [1.82, 2.24) is 4.98 Å². The Morgan fingerprint density at radius 2 is 1.93 bits per heavy atom. The molecule has 0 bridgehead atoms. The predicted molar refractivity (Wildman–Crippen MR) is 113 cm³/mol. The Bertz CT molecular complexity index is 997. The van der Waals surface area contributed by atoms with Crippen molar-refractivity contribution in [2.45, 2.75) is 32.4 Å². The fraction of sp³-hybridized carbons (Fsp3) is 0.318. The van der Waals surface area contributed by atoms with E-state index in [4.69, 9.17) is 19.2 Å². The number of thiazole rings is 1. The lowest BCUT2D eigenvalue weighted by Crippen LogP contribution is -2.24. The van der Waals surface area contributed by atoms with Crippen molar-refractivity contribution in [3.8, 4) is 28.5 Å². The van der Waals surface area contributed by atoms with Crippen LogP contribution in [0.2, 0.25) is 0 Å². The first-order valence-electron chi connectivity index (χ1n) is 9.20. The van der Waals surface area contributed by atoms with Crippen LogP contribution in [0.4, 0.5) is 5.13 Å². The van der Waals surface area contributed by atoms with Crippen LogP contribution in [0.25, 0.3) is 11.3 Å². The summed E-state index contributed by atoms with van der Waals surface area (Å²) in [5.41, 5.74) is 4.02. The van der Waals surface area contributed by atoms with E-state index in [-0.39, 0.29) is 5.60 Å². The fourth-order valence-electron chi connectivity index (χ4n) is 3.49. The number of methoxy groups -OCH3 is 2. The van der Waals surface area contributed by atoms with Gasteiger partial charge in [0.15, 0.2) is 16.6 Å². The summed E-state index contributed by atoms with van der Waals surface area (Å²) in [5.74, 6) is 2.48. The Labute approximate surface area is 169 Å². The molecule has 0 atom stereocenters. The lowest BCUT2D eigenvalue weighted by molar-refractivity contribution is 0.134. The van der Waals surface area contributed by atoms with Gasteiger partial charge in [0, 0.05) is 35.0 Å². The molecule has 3 aromatic rings. The number of hydrogen-bond donors (Lipinski definition) is 1. The first kappa shape index (κ1) is 18.6. The molecule has 4 rings (SSSR count). The molecule has 0 radical (unpaired) electrons. The standard InChI is InChI=1S/C22H24N2O3S/c1-22(2)11-16-9-15(10-19(26-4)20(16)27-22)17-13-28-21(24-17)23-12-14-7-5-6-8-18(14)25-3/h5-10,13H,11-12H2,1-4H3,(H,23,24). The fourth-order valence-corrected chi connectivity index (χ4v) is 4.20. The van der Waals surface area contributed by atoms with E-state index in [0.29, 0.717) is 6.54 Å². The summed E-state index contributed by atoms with van der Waals surface area (Å²) in [4.78, 5) is 4.76. The van der Waals surface area contributed by atoms with Gasteiger partial charge in [0.1, 0.15) is 11.4 Å². The third-order valence-corrected chi connectivity index (χ3v) is 5.57. The van der Waals surface area contributed by atoms with E-state index in [0.717, 1.165) is 51.2 Å². The van der Waals surface area contributed by atoms with Gasteiger partial charge in [-0.1, -0.05) is 18.2 Å². The largest absolute Gasteiger partial charge is 0.496 e. The van der Waals surface area contributed by atoms with E-state index in [2.05, 4.69) is 30.6 Å². The van der Waals surface area contributed by atoms with Crippen LogP contribution < -0.4 is 19.5 Å². The van der Waals surface area contributed by atoms with Crippen molar-refractivity contribution in [3.05, 3.63) is 52.9 Å². The number of nitrogens with zero attached hydrogens (tertiary/aromatic N) is 1. The molecule has 1 N–H and O–H groups in total. The number of ether oxygens (including phenoxy) is 3. The third-order valence-electron chi connectivity index (χ3n) is 4.77. The molecule has 146 valence electrons. The highest BCUT2D eigenvalue weighted by Crippen LogP contribution is 2.44. The van der Waals surface area contributed by atoms with E-state index >= 15 is 0 Å². The van der Waals surface area contributed by atoms with E-state index < -0.39 is 0 Å². The molecule has 0 unspecified atom stereocenters. The van der Waals surface area contributed by atoms with Crippen LogP contribution in [0.1, 0.15) is 25.0 Å². The summed E-state index contributed by atoms with van der Waals surface area (Å²) in [5, 5.41) is 6.33. The number of para-hydroxylation sites is 1. The lowest BCUT2D eigenvalue weighted by atomic mass is 9.99. The van der Waals surface area contributed by atoms with Crippen LogP contribution in [0.3, 0.4) is 0 Å². The Morgan fingerprint density at radius 3 is 2.71 bits per heavy atom. The number of anilines is 1. The average Bonchev–Trinajstić information content (AvgIpc) is 3.28. The molecule has 0 fully saturated rings. The van der Waals surface area contributed by atoms with Gasteiger partial charge in [-0.2, -0.15) is 0 Å². The molecule has 0 saturated carbocycles. The van der Waals surface area contributed by atoms with Crippen LogP contribution in [0, 0.1) is 0 Å². The summed E-state index contributed by atoms with van der Waals surface area (Å²) < 4.78 is 17.0. The molecule has 0 spiro atoms. The monoisotopic (exact) mass is 396 g/mol.